The summed E-state index contributed by atoms with van der Waals surface area (Å²) < 4.78 is 1.34. The lowest BCUT2D eigenvalue weighted by molar-refractivity contribution is 0.0949. The minimum absolute atomic E-state index is 0.181. The molecular weight excluding hydrogens is 388 g/mol. The van der Waals surface area contributed by atoms with Crippen molar-refractivity contribution < 1.29 is 4.79 Å². The average molecular weight is 410 g/mol. The van der Waals surface area contributed by atoms with E-state index in [2.05, 4.69) is 27.8 Å². The quantitative estimate of drug-likeness (QED) is 0.382. The van der Waals surface area contributed by atoms with Gasteiger partial charge < -0.3 is 0 Å². The van der Waals surface area contributed by atoms with Gasteiger partial charge in [0.15, 0.2) is 5.69 Å². The van der Waals surface area contributed by atoms with Crippen LogP contribution in [0.25, 0.3) is 21.9 Å². The molecule has 1 amide bonds. The zero-order chi connectivity index (χ0) is 21.6. The first kappa shape index (κ1) is 20.2. The Morgan fingerprint density at radius 2 is 1.58 bits per heavy atom. The van der Waals surface area contributed by atoms with Gasteiger partial charge in [-0.3, -0.25) is 9.59 Å². The molecule has 4 aromatic rings. The van der Waals surface area contributed by atoms with Gasteiger partial charge in [0.25, 0.3) is 11.5 Å². The van der Waals surface area contributed by atoms with E-state index in [1.807, 2.05) is 49.4 Å². The zero-order valence-corrected chi connectivity index (χ0v) is 17.2. The molecule has 0 atom stereocenters. The van der Waals surface area contributed by atoms with Crippen LogP contribution in [0.15, 0.2) is 88.8 Å². The second kappa shape index (κ2) is 9.17. The highest BCUT2D eigenvalue weighted by molar-refractivity contribution is 6.05. The molecule has 31 heavy (non-hydrogen) atoms. The lowest BCUT2D eigenvalue weighted by Gasteiger charge is -2.09. The maximum Gasteiger partial charge on any atom is 0.292 e. The number of amides is 1. The molecule has 0 unspecified atom stereocenters. The maximum absolute atomic E-state index is 12.8. The molecule has 0 aliphatic rings. The maximum atomic E-state index is 12.8. The molecule has 154 valence electrons. The van der Waals surface area contributed by atoms with Crippen LogP contribution in [0, 0.1) is 0 Å². The molecule has 1 aromatic heterocycles. The molecule has 6 nitrogen and oxygen atoms in total. The molecule has 0 saturated heterocycles. The SMILES string of the molecule is CCCn1nc(C(=O)N/N=C/c2ccc(-c3ccccc3)cc2)c2ccccc2c1=O. The van der Waals surface area contributed by atoms with E-state index in [1.165, 1.54) is 4.68 Å². The molecule has 0 bridgehead atoms. The van der Waals surface area contributed by atoms with Crippen molar-refractivity contribution in [1.29, 1.82) is 0 Å². The molecule has 4 rings (SSSR count). The third-order valence-electron chi connectivity index (χ3n) is 4.92. The number of carbonyl (C=O) groups excluding carboxylic acids is 1. The largest absolute Gasteiger partial charge is 0.292 e. The summed E-state index contributed by atoms with van der Waals surface area (Å²) in [4.78, 5) is 25.3. The summed E-state index contributed by atoms with van der Waals surface area (Å²) in [6.45, 7) is 2.40. The van der Waals surface area contributed by atoms with Gasteiger partial charge in [-0.15, -0.1) is 0 Å². The number of hydrogen-bond donors (Lipinski definition) is 1. The van der Waals surface area contributed by atoms with E-state index in [1.54, 1.807) is 30.5 Å². The molecule has 0 aliphatic carbocycles. The Balaban J connectivity index is 1.54. The first-order valence-electron chi connectivity index (χ1n) is 10.2. The van der Waals surface area contributed by atoms with E-state index in [4.69, 9.17) is 0 Å². The predicted molar refractivity (Wildman–Crippen MR) is 123 cm³/mol. The van der Waals surface area contributed by atoms with Crippen molar-refractivity contribution in [2.24, 2.45) is 5.10 Å². The normalized spacial score (nSPS) is 11.1. The fourth-order valence-corrected chi connectivity index (χ4v) is 3.38. The number of carbonyl (C=O) groups is 1. The highest BCUT2D eigenvalue weighted by Gasteiger charge is 2.15. The number of hydrogen-bond acceptors (Lipinski definition) is 4. The second-order valence-corrected chi connectivity index (χ2v) is 7.11. The second-order valence-electron chi connectivity index (χ2n) is 7.11. The lowest BCUT2D eigenvalue weighted by Crippen LogP contribution is -2.29. The van der Waals surface area contributed by atoms with Gasteiger partial charge in [-0.2, -0.15) is 10.2 Å². The third kappa shape index (κ3) is 4.43. The topological polar surface area (TPSA) is 76.3 Å². The molecule has 6 heteroatoms. The minimum Gasteiger partial charge on any atom is -0.267 e. The summed E-state index contributed by atoms with van der Waals surface area (Å²) in [5.41, 5.74) is 5.61. The number of aromatic nitrogens is 2. The molecule has 1 heterocycles. The Morgan fingerprint density at radius 3 is 2.29 bits per heavy atom. The number of benzene rings is 3. The Bertz CT molecular complexity index is 1290. The number of nitrogens with one attached hydrogen (secondary N) is 1. The zero-order valence-electron chi connectivity index (χ0n) is 17.2. The fraction of sp³-hybridized carbons (Fsp3) is 0.120. The molecule has 0 fully saturated rings. The van der Waals surface area contributed by atoms with Crippen LogP contribution in [-0.4, -0.2) is 21.9 Å². The van der Waals surface area contributed by atoms with Gasteiger partial charge in [0.05, 0.1) is 11.6 Å². The highest BCUT2D eigenvalue weighted by Crippen LogP contribution is 2.18. The first-order valence-corrected chi connectivity index (χ1v) is 10.2. The van der Waals surface area contributed by atoms with Crippen molar-refractivity contribution in [2.45, 2.75) is 19.9 Å². The van der Waals surface area contributed by atoms with E-state index >= 15 is 0 Å². The fourth-order valence-electron chi connectivity index (χ4n) is 3.38. The number of hydrazone groups is 1. The van der Waals surface area contributed by atoms with Crippen LogP contribution in [0.2, 0.25) is 0 Å². The number of nitrogens with zero attached hydrogens (tertiary/aromatic N) is 3. The van der Waals surface area contributed by atoms with Crippen molar-refractivity contribution in [1.82, 2.24) is 15.2 Å². The molecule has 1 N–H and O–H groups in total. The summed E-state index contributed by atoms with van der Waals surface area (Å²) >= 11 is 0. The van der Waals surface area contributed by atoms with E-state index in [9.17, 15) is 9.59 Å². The van der Waals surface area contributed by atoms with Crippen LogP contribution < -0.4 is 11.0 Å². The van der Waals surface area contributed by atoms with Gasteiger partial charge in [-0.05, 0) is 29.2 Å². The van der Waals surface area contributed by atoms with Crippen LogP contribution in [0.5, 0.6) is 0 Å². The van der Waals surface area contributed by atoms with Crippen LogP contribution in [0.3, 0.4) is 0 Å². The van der Waals surface area contributed by atoms with Crippen LogP contribution in [-0.2, 0) is 6.54 Å². The summed E-state index contributed by atoms with van der Waals surface area (Å²) in [5, 5.41) is 9.34. The summed E-state index contributed by atoms with van der Waals surface area (Å²) in [7, 11) is 0. The van der Waals surface area contributed by atoms with Crippen LogP contribution >= 0.6 is 0 Å². The highest BCUT2D eigenvalue weighted by atomic mass is 16.2. The Hall–Kier alpha value is -4.06. The first-order chi connectivity index (χ1) is 15.2. The number of fused-ring (bicyclic) bond motifs is 1. The van der Waals surface area contributed by atoms with E-state index in [-0.39, 0.29) is 11.3 Å². The van der Waals surface area contributed by atoms with Gasteiger partial charge in [0.2, 0.25) is 0 Å². The number of rotatable bonds is 6. The Morgan fingerprint density at radius 1 is 0.935 bits per heavy atom. The van der Waals surface area contributed by atoms with Gasteiger partial charge in [-0.25, -0.2) is 10.1 Å². The number of aryl methyl sites for hydroxylation is 1. The Labute approximate surface area is 179 Å². The third-order valence-corrected chi connectivity index (χ3v) is 4.92. The van der Waals surface area contributed by atoms with E-state index < -0.39 is 5.91 Å². The summed E-state index contributed by atoms with van der Waals surface area (Å²) in [6.07, 6.45) is 2.32. The summed E-state index contributed by atoms with van der Waals surface area (Å²) in [5.74, 6) is -0.460. The molecule has 0 spiro atoms. The smallest absolute Gasteiger partial charge is 0.267 e. The van der Waals surface area contributed by atoms with Crippen molar-refractivity contribution in [3.8, 4) is 11.1 Å². The Kier molecular flexibility index (Phi) is 5.98. The molecule has 0 aliphatic heterocycles. The molecule has 0 radical (unpaired) electrons. The van der Waals surface area contributed by atoms with Gasteiger partial charge in [0, 0.05) is 11.9 Å². The summed E-state index contributed by atoms with van der Waals surface area (Å²) in [6, 6.07) is 25.0. The van der Waals surface area contributed by atoms with Crippen molar-refractivity contribution in [3.05, 3.63) is 100 Å². The molecular formula is C25H22N4O2. The lowest BCUT2D eigenvalue weighted by atomic mass is 10.0. The molecule has 0 saturated carbocycles. The standard InChI is InChI=1S/C25H22N4O2/c1-2-16-29-25(31)22-11-7-6-10-21(22)23(28-29)24(30)27-26-17-18-12-14-20(15-13-18)19-8-4-3-5-9-19/h3-15,17H,2,16H2,1H3,(H,27,30)/b26-17+. The minimum atomic E-state index is -0.460. The predicted octanol–water partition coefficient (Wildman–Crippen LogP) is 4.24. The van der Waals surface area contributed by atoms with Gasteiger partial charge in [0.1, 0.15) is 0 Å². The van der Waals surface area contributed by atoms with Crippen molar-refractivity contribution >= 4 is 22.9 Å². The van der Waals surface area contributed by atoms with Crippen LogP contribution in [0.4, 0.5) is 0 Å². The monoisotopic (exact) mass is 410 g/mol. The van der Waals surface area contributed by atoms with E-state index in [0.717, 1.165) is 23.1 Å². The van der Waals surface area contributed by atoms with Gasteiger partial charge in [-0.1, -0.05) is 79.7 Å². The van der Waals surface area contributed by atoms with Crippen molar-refractivity contribution in [3.63, 3.8) is 0 Å². The van der Waals surface area contributed by atoms with E-state index in [0.29, 0.717) is 17.3 Å². The van der Waals surface area contributed by atoms with Gasteiger partial charge >= 0.3 is 0 Å². The van der Waals surface area contributed by atoms with Crippen LogP contribution in [0.1, 0.15) is 29.4 Å². The van der Waals surface area contributed by atoms with Crippen molar-refractivity contribution in [2.75, 3.05) is 0 Å². The average Bonchev–Trinajstić information content (AvgIpc) is 2.82. The molecule has 3 aromatic carbocycles.